The number of amides is 1. The molecule has 0 aliphatic carbocycles. The van der Waals surface area contributed by atoms with Gasteiger partial charge in [-0.05, 0) is 56.0 Å². The van der Waals surface area contributed by atoms with Crippen LogP contribution in [0.4, 0.5) is 5.69 Å². The Kier molecular flexibility index (Phi) is 5.98. The van der Waals surface area contributed by atoms with Crippen molar-refractivity contribution in [1.29, 1.82) is 0 Å². The maximum Gasteiger partial charge on any atom is 0.244 e. The van der Waals surface area contributed by atoms with Crippen LogP contribution >= 0.6 is 11.6 Å². The summed E-state index contributed by atoms with van der Waals surface area (Å²) >= 11 is 6.11. The van der Waals surface area contributed by atoms with E-state index in [0.29, 0.717) is 41.4 Å². The highest BCUT2D eigenvalue weighted by molar-refractivity contribution is 7.89. The van der Waals surface area contributed by atoms with Crippen molar-refractivity contribution >= 4 is 33.2 Å². The molecule has 0 bridgehead atoms. The third-order valence-corrected chi connectivity index (χ3v) is 7.39. The number of ether oxygens (including phenoxy) is 1. The number of carbonyl (C=O) groups excluding carboxylic acids is 1. The molecule has 1 amide bonds. The second kappa shape index (κ2) is 8.11. The van der Waals surface area contributed by atoms with Gasteiger partial charge in [0, 0.05) is 23.3 Å². The highest BCUT2D eigenvalue weighted by Gasteiger charge is 2.40. The largest absolute Gasteiger partial charge is 0.497 e. The van der Waals surface area contributed by atoms with Gasteiger partial charge in [-0.2, -0.15) is 4.31 Å². The quantitative estimate of drug-likeness (QED) is 0.796. The van der Waals surface area contributed by atoms with E-state index in [4.69, 9.17) is 16.3 Å². The molecule has 1 aliphatic heterocycles. The summed E-state index contributed by atoms with van der Waals surface area (Å²) in [7, 11) is -2.35. The van der Waals surface area contributed by atoms with Crippen molar-refractivity contribution in [1.82, 2.24) is 4.31 Å². The second-order valence-corrected chi connectivity index (χ2v) is 9.12. The molecular weight excluding hydrogens is 400 g/mol. The van der Waals surface area contributed by atoms with Gasteiger partial charge in [-0.25, -0.2) is 8.42 Å². The van der Waals surface area contributed by atoms with Crippen molar-refractivity contribution < 1.29 is 17.9 Å². The number of sulfonamides is 1. The van der Waals surface area contributed by atoms with Crippen LogP contribution in [-0.2, 0) is 14.8 Å². The number of methoxy groups -OCH3 is 1. The van der Waals surface area contributed by atoms with E-state index in [-0.39, 0.29) is 10.8 Å². The molecule has 0 spiro atoms. The lowest BCUT2D eigenvalue weighted by atomic mass is 10.2. The highest BCUT2D eigenvalue weighted by Crippen LogP contribution is 2.31. The third-order valence-electron chi connectivity index (χ3n) is 4.93. The number of rotatable bonds is 5. The first-order chi connectivity index (χ1) is 13.2. The molecule has 150 valence electrons. The average molecular weight is 423 g/mol. The van der Waals surface area contributed by atoms with Gasteiger partial charge in [0.1, 0.15) is 11.8 Å². The Morgan fingerprint density at radius 2 is 1.89 bits per heavy atom. The molecule has 1 fully saturated rings. The summed E-state index contributed by atoms with van der Waals surface area (Å²) in [6.45, 7) is 3.90. The van der Waals surface area contributed by atoms with E-state index in [1.54, 1.807) is 37.3 Å². The third kappa shape index (κ3) is 4.01. The number of halogens is 1. The molecule has 1 unspecified atom stereocenters. The van der Waals surface area contributed by atoms with E-state index in [9.17, 15) is 13.2 Å². The number of hydrogen-bond acceptors (Lipinski definition) is 4. The molecule has 0 saturated carbocycles. The molecule has 2 aromatic rings. The lowest BCUT2D eigenvalue weighted by molar-refractivity contribution is -0.119. The summed E-state index contributed by atoms with van der Waals surface area (Å²) < 4.78 is 33.0. The molecular formula is C20H23ClN2O4S. The van der Waals surface area contributed by atoms with Crippen LogP contribution < -0.4 is 10.1 Å². The summed E-state index contributed by atoms with van der Waals surface area (Å²) in [6, 6.07) is 9.36. The Morgan fingerprint density at radius 1 is 1.18 bits per heavy atom. The van der Waals surface area contributed by atoms with Crippen molar-refractivity contribution in [2.24, 2.45) is 0 Å². The molecule has 3 rings (SSSR count). The van der Waals surface area contributed by atoms with E-state index in [0.717, 1.165) is 5.56 Å². The van der Waals surface area contributed by atoms with Gasteiger partial charge in [0.15, 0.2) is 0 Å². The van der Waals surface area contributed by atoms with E-state index in [2.05, 4.69) is 5.32 Å². The molecule has 1 atom stereocenters. The minimum absolute atomic E-state index is 0.157. The van der Waals surface area contributed by atoms with E-state index in [1.165, 1.54) is 17.5 Å². The average Bonchev–Trinajstić information content (AvgIpc) is 3.16. The minimum atomic E-state index is -3.84. The van der Waals surface area contributed by atoms with Crippen molar-refractivity contribution in [3.05, 3.63) is 52.5 Å². The van der Waals surface area contributed by atoms with Crippen molar-refractivity contribution in [2.75, 3.05) is 19.0 Å². The number of aryl methyl sites for hydroxylation is 2. The first kappa shape index (κ1) is 20.6. The molecule has 2 aromatic carbocycles. The molecule has 8 heteroatoms. The summed E-state index contributed by atoms with van der Waals surface area (Å²) in [5, 5.41) is 3.33. The van der Waals surface area contributed by atoms with Crippen LogP contribution in [0.1, 0.15) is 24.0 Å². The molecule has 1 heterocycles. The first-order valence-corrected chi connectivity index (χ1v) is 10.8. The number of carbonyl (C=O) groups is 1. The maximum atomic E-state index is 13.3. The fourth-order valence-electron chi connectivity index (χ4n) is 3.30. The molecule has 28 heavy (non-hydrogen) atoms. The number of hydrogen-bond donors (Lipinski definition) is 1. The molecule has 1 aliphatic rings. The summed E-state index contributed by atoms with van der Waals surface area (Å²) in [4.78, 5) is 13.0. The normalized spacial score (nSPS) is 17.5. The van der Waals surface area contributed by atoms with E-state index >= 15 is 0 Å². The Hall–Kier alpha value is -2.09. The monoisotopic (exact) mass is 422 g/mol. The van der Waals surface area contributed by atoms with Crippen LogP contribution in [0, 0.1) is 13.8 Å². The van der Waals surface area contributed by atoms with Gasteiger partial charge in [-0.1, -0.05) is 23.7 Å². The van der Waals surface area contributed by atoms with Crippen LogP contribution in [0.2, 0.25) is 5.02 Å². The zero-order valence-corrected chi connectivity index (χ0v) is 17.6. The standard InChI is InChI=1S/C20H23ClN2O4S/c1-13-6-8-15(11-17(13)21)22-20(24)18-5-4-10-23(18)28(25,26)19-12-16(27-3)9-7-14(19)2/h6-9,11-12,18H,4-5,10H2,1-3H3,(H,22,24). The van der Waals surface area contributed by atoms with Crippen LogP contribution in [0.3, 0.4) is 0 Å². The fraction of sp³-hybridized carbons (Fsp3) is 0.350. The van der Waals surface area contributed by atoms with Crippen LogP contribution in [0.15, 0.2) is 41.3 Å². The van der Waals surface area contributed by atoms with Gasteiger partial charge in [0.2, 0.25) is 15.9 Å². The predicted octanol–water partition coefficient (Wildman–Crippen LogP) is 3.76. The lowest BCUT2D eigenvalue weighted by Crippen LogP contribution is -2.43. The zero-order chi connectivity index (χ0) is 20.5. The van der Waals surface area contributed by atoms with Gasteiger partial charge in [0.05, 0.1) is 12.0 Å². The van der Waals surface area contributed by atoms with Crippen LogP contribution in [-0.4, -0.2) is 38.3 Å². The molecule has 0 radical (unpaired) electrons. The molecule has 6 nitrogen and oxygen atoms in total. The Balaban J connectivity index is 1.87. The smallest absolute Gasteiger partial charge is 0.244 e. The van der Waals surface area contributed by atoms with Gasteiger partial charge < -0.3 is 10.1 Å². The Morgan fingerprint density at radius 3 is 2.57 bits per heavy atom. The topological polar surface area (TPSA) is 75.7 Å². The maximum absolute atomic E-state index is 13.3. The van der Waals surface area contributed by atoms with Crippen LogP contribution in [0.25, 0.3) is 0 Å². The first-order valence-electron chi connectivity index (χ1n) is 8.97. The van der Waals surface area contributed by atoms with E-state index < -0.39 is 16.1 Å². The molecule has 0 aromatic heterocycles. The second-order valence-electron chi connectivity index (χ2n) is 6.86. The van der Waals surface area contributed by atoms with Gasteiger partial charge in [-0.15, -0.1) is 0 Å². The zero-order valence-electron chi connectivity index (χ0n) is 16.0. The summed E-state index contributed by atoms with van der Waals surface area (Å²) in [5.74, 6) is 0.0974. The van der Waals surface area contributed by atoms with Crippen LogP contribution in [0.5, 0.6) is 5.75 Å². The number of nitrogens with zero attached hydrogens (tertiary/aromatic N) is 1. The predicted molar refractivity (Wildman–Crippen MR) is 109 cm³/mol. The van der Waals surface area contributed by atoms with Gasteiger partial charge in [0.25, 0.3) is 0 Å². The summed E-state index contributed by atoms with van der Waals surface area (Å²) in [5.41, 5.74) is 2.05. The minimum Gasteiger partial charge on any atom is -0.497 e. The van der Waals surface area contributed by atoms with Gasteiger partial charge in [-0.3, -0.25) is 4.79 Å². The number of benzene rings is 2. The summed E-state index contributed by atoms with van der Waals surface area (Å²) in [6.07, 6.45) is 1.09. The highest BCUT2D eigenvalue weighted by atomic mass is 35.5. The molecule has 1 N–H and O–H groups in total. The lowest BCUT2D eigenvalue weighted by Gasteiger charge is -2.24. The van der Waals surface area contributed by atoms with Crippen molar-refractivity contribution in [3.63, 3.8) is 0 Å². The number of anilines is 1. The number of nitrogens with one attached hydrogen (secondary N) is 1. The van der Waals surface area contributed by atoms with Gasteiger partial charge >= 0.3 is 0 Å². The SMILES string of the molecule is COc1ccc(C)c(S(=O)(=O)N2CCCC2C(=O)Nc2ccc(C)c(Cl)c2)c1. The van der Waals surface area contributed by atoms with Crippen molar-refractivity contribution in [2.45, 2.75) is 37.6 Å². The fourth-order valence-corrected chi connectivity index (χ4v) is 5.38. The van der Waals surface area contributed by atoms with Crippen molar-refractivity contribution in [3.8, 4) is 5.75 Å². The molecule has 1 saturated heterocycles. The Bertz CT molecular complexity index is 1010. The Labute approximate surface area is 170 Å². The van der Waals surface area contributed by atoms with E-state index in [1.807, 2.05) is 6.92 Å².